The van der Waals surface area contributed by atoms with Crippen LogP contribution in [0.1, 0.15) is 21.7 Å². The summed E-state index contributed by atoms with van der Waals surface area (Å²) >= 11 is 0. The molecule has 6 nitrogen and oxygen atoms in total. The Morgan fingerprint density at radius 3 is 2.56 bits per heavy atom. The van der Waals surface area contributed by atoms with E-state index in [1.807, 2.05) is 0 Å². The summed E-state index contributed by atoms with van der Waals surface area (Å²) in [5, 5.41) is 22.2. The van der Waals surface area contributed by atoms with Crippen molar-refractivity contribution < 1.29 is 9.90 Å². The number of nitrogens with zero attached hydrogens (tertiary/aromatic N) is 3. The van der Waals surface area contributed by atoms with E-state index >= 15 is 0 Å². The molecule has 0 fully saturated rings. The summed E-state index contributed by atoms with van der Waals surface area (Å²) in [6, 6.07) is 6.77. The van der Waals surface area contributed by atoms with E-state index in [0.29, 0.717) is 17.8 Å². The Morgan fingerprint density at radius 2 is 2.00 bits per heavy atom. The van der Waals surface area contributed by atoms with E-state index in [1.54, 1.807) is 24.3 Å². The van der Waals surface area contributed by atoms with Gasteiger partial charge in [0, 0.05) is 6.42 Å². The number of carbonyl (C=O) groups is 1. The maximum Gasteiger partial charge on any atom is 0.335 e. The molecule has 0 spiro atoms. The topological polar surface area (TPSA) is 91.8 Å². The summed E-state index contributed by atoms with van der Waals surface area (Å²) in [7, 11) is 0. The van der Waals surface area contributed by atoms with Crippen LogP contribution in [0.2, 0.25) is 0 Å². The van der Waals surface area contributed by atoms with Crippen LogP contribution in [0.25, 0.3) is 0 Å². The second kappa shape index (κ2) is 4.52. The van der Waals surface area contributed by atoms with E-state index in [9.17, 15) is 4.79 Å². The Bertz CT molecular complexity index is 464. The normalized spacial score (nSPS) is 10.2. The molecule has 0 aliphatic rings. The zero-order valence-electron chi connectivity index (χ0n) is 8.42. The van der Waals surface area contributed by atoms with Gasteiger partial charge in [-0.3, -0.25) is 0 Å². The first-order chi connectivity index (χ1) is 7.75. The lowest BCUT2D eigenvalue weighted by Crippen LogP contribution is -1.97. The fraction of sp³-hybridized carbons (Fsp3) is 0.200. The number of benzene rings is 1. The van der Waals surface area contributed by atoms with Gasteiger partial charge in [0.05, 0.1) is 5.56 Å². The van der Waals surface area contributed by atoms with Gasteiger partial charge < -0.3 is 5.11 Å². The highest BCUT2D eigenvalue weighted by Gasteiger charge is 2.03. The number of tetrazole rings is 1. The van der Waals surface area contributed by atoms with Crippen molar-refractivity contribution in [1.29, 1.82) is 0 Å². The van der Waals surface area contributed by atoms with Crippen LogP contribution in [0, 0.1) is 0 Å². The van der Waals surface area contributed by atoms with E-state index in [2.05, 4.69) is 20.6 Å². The summed E-state index contributed by atoms with van der Waals surface area (Å²) in [6.45, 7) is 0. The third kappa shape index (κ3) is 2.41. The van der Waals surface area contributed by atoms with Crippen LogP contribution < -0.4 is 0 Å². The molecule has 0 saturated heterocycles. The minimum absolute atomic E-state index is 0.295. The van der Waals surface area contributed by atoms with Crippen LogP contribution in [-0.4, -0.2) is 31.7 Å². The molecule has 1 aromatic heterocycles. The molecule has 0 atom stereocenters. The van der Waals surface area contributed by atoms with Crippen LogP contribution in [-0.2, 0) is 12.8 Å². The highest BCUT2D eigenvalue weighted by Crippen LogP contribution is 2.06. The van der Waals surface area contributed by atoms with Gasteiger partial charge in [0.2, 0.25) is 0 Å². The van der Waals surface area contributed by atoms with Crippen molar-refractivity contribution in [2.45, 2.75) is 12.8 Å². The molecule has 2 rings (SSSR count). The van der Waals surface area contributed by atoms with E-state index in [-0.39, 0.29) is 0 Å². The molecule has 82 valence electrons. The molecule has 0 aliphatic carbocycles. The molecular weight excluding hydrogens is 208 g/mol. The zero-order chi connectivity index (χ0) is 11.4. The van der Waals surface area contributed by atoms with Gasteiger partial charge in [-0.1, -0.05) is 17.3 Å². The fourth-order valence-corrected chi connectivity index (χ4v) is 1.36. The van der Waals surface area contributed by atoms with E-state index in [4.69, 9.17) is 5.11 Å². The van der Waals surface area contributed by atoms with Gasteiger partial charge in [-0.2, -0.15) is 5.21 Å². The summed E-state index contributed by atoms with van der Waals surface area (Å²) in [5.41, 5.74) is 1.35. The number of hydrogen-bond donors (Lipinski definition) is 2. The molecule has 6 heteroatoms. The van der Waals surface area contributed by atoms with Gasteiger partial charge in [0.15, 0.2) is 5.82 Å². The molecule has 1 aromatic carbocycles. The lowest BCUT2D eigenvalue weighted by atomic mass is 10.1. The third-order valence-electron chi connectivity index (χ3n) is 2.23. The number of aryl methyl sites for hydroxylation is 2. The predicted molar refractivity (Wildman–Crippen MR) is 55.0 cm³/mol. The van der Waals surface area contributed by atoms with Crippen molar-refractivity contribution >= 4 is 5.97 Å². The van der Waals surface area contributed by atoms with E-state index in [0.717, 1.165) is 12.0 Å². The average molecular weight is 218 g/mol. The number of hydrogen-bond acceptors (Lipinski definition) is 4. The molecule has 0 aliphatic heterocycles. The Kier molecular flexibility index (Phi) is 2.90. The van der Waals surface area contributed by atoms with Crippen molar-refractivity contribution in [3.05, 3.63) is 41.2 Å². The Labute approximate surface area is 91.3 Å². The van der Waals surface area contributed by atoms with Gasteiger partial charge in [-0.15, -0.1) is 10.2 Å². The number of H-pyrrole nitrogens is 1. The van der Waals surface area contributed by atoms with Crippen LogP contribution in [0.3, 0.4) is 0 Å². The number of nitrogens with one attached hydrogen (secondary N) is 1. The summed E-state index contributed by atoms with van der Waals surface area (Å²) in [5.74, 6) is -0.257. The largest absolute Gasteiger partial charge is 0.478 e. The molecule has 0 unspecified atom stereocenters. The Balaban J connectivity index is 1.98. The van der Waals surface area contributed by atoms with Gasteiger partial charge in [0.25, 0.3) is 0 Å². The number of aromatic carboxylic acids is 1. The lowest BCUT2D eigenvalue weighted by Gasteiger charge is -1.99. The Hall–Kier alpha value is -2.24. The monoisotopic (exact) mass is 218 g/mol. The molecule has 16 heavy (non-hydrogen) atoms. The molecule has 0 saturated carbocycles. The van der Waals surface area contributed by atoms with Crippen LogP contribution >= 0.6 is 0 Å². The zero-order valence-corrected chi connectivity index (χ0v) is 8.42. The van der Waals surface area contributed by atoms with Crippen LogP contribution in [0.15, 0.2) is 24.3 Å². The van der Waals surface area contributed by atoms with Crippen molar-refractivity contribution in [3.8, 4) is 0 Å². The smallest absolute Gasteiger partial charge is 0.335 e. The summed E-state index contributed by atoms with van der Waals surface area (Å²) in [4.78, 5) is 10.6. The second-order valence-corrected chi connectivity index (χ2v) is 3.33. The molecule has 2 aromatic rings. The number of aromatic amines is 1. The first-order valence-corrected chi connectivity index (χ1v) is 4.80. The van der Waals surface area contributed by atoms with Crippen molar-refractivity contribution in [2.75, 3.05) is 0 Å². The van der Waals surface area contributed by atoms with Gasteiger partial charge in [0.1, 0.15) is 0 Å². The van der Waals surface area contributed by atoms with Crippen molar-refractivity contribution in [3.63, 3.8) is 0 Å². The molecule has 1 heterocycles. The summed E-state index contributed by atoms with van der Waals surface area (Å²) in [6.07, 6.45) is 1.45. The maximum atomic E-state index is 10.6. The number of aromatic nitrogens is 4. The van der Waals surface area contributed by atoms with E-state index in [1.165, 1.54) is 0 Å². The molecule has 0 amide bonds. The first kappa shape index (κ1) is 10.3. The highest BCUT2D eigenvalue weighted by molar-refractivity contribution is 5.87. The number of rotatable bonds is 4. The lowest BCUT2D eigenvalue weighted by molar-refractivity contribution is 0.0697. The molecule has 0 bridgehead atoms. The fourth-order valence-electron chi connectivity index (χ4n) is 1.36. The molecule has 0 radical (unpaired) electrons. The molecule has 2 N–H and O–H groups in total. The first-order valence-electron chi connectivity index (χ1n) is 4.80. The quantitative estimate of drug-likeness (QED) is 0.787. The molecular formula is C10H10N4O2. The van der Waals surface area contributed by atoms with Crippen molar-refractivity contribution in [1.82, 2.24) is 20.6 Å². The summed E-state index contributed by atoms with van der Waals surface area (Å²) < 4.78 is 0. The van der Waals surface area contributed by atoms with Gasteiger partial charge in [-0.25, -0.2) is 4.79 Å². The van der Waals surface area contributed by atoms with Crippen LogP contribution in [0.4, 0.5) is 0 Å². The minimum atomic E-state index is -0.912. The van der Waals surface area contributed by atoms with Gasteiger partial charge >= 0.3 is 5.97 Å². The predicted octanol–water partition coefficient (Wildman–Crippen LogP) is 0.683. The SMILES string of the molecule is O=C(O)c1ccc(CCc2nn[nH]n2)cc1. The van der Waals surface area contributed by atoms with Crippen molar-refractivity contribution in [2.24, 2.45) is 0 Å². The average Bonchev–Trinajstić information content (AvgIpc) is 2.80. The standard InChI is InChI=1S/C10H10N4O2/c15-10(16)8-4-1-7(2-5-8)3-6-9-11-13-14-12-9/h1-2,4-5H,3,6H2,(H,15,16)(H,11,12,13,14). The number of carboxylic acids is 1. The van der Waals surface area contributed by atoms with Gasteiger partial charge in [-0.05, 0) is 24.1 Å². The number of carboxylic acid groups (broad SMARTS) is 1. The maximum absolute atomic E-state index is 10.6. The Morgan fingerprint density at radius 1 is 1.25 bits per heavy atom. The third-order valence-corrected chi connectivity index (χ3v) is 2.23. The highest BCUT2D eigenvalue weighted by atomic mass is 16.4. The second-order valence-electron chi connectivity index (χ2n) is 3.33. The minimum Gasteiger partial charge on any atom is -0.478 e. The van der Waals surface area contributed by atoms with E-state index < -0.39 is 5.97 Å². The van der Waals surface area contributed by atoms with Crippen LogP contribution in [0.5, 0.6) is 0 Å².